The van der Waals surface area contributed by atoms with E-state index in [-0.39, 0.29) is 5.91 Å². The molecule has 0 N–H and O–H groups in total. The summed E-state index contributed by atoms with van der Waals surface area (Å²) < 4.78 is 5.37. The Morgan fingerprint density at radius 2 is 2.00 bits per heavy atom. The molecule has 0 fully saturated rings. The van der Waals surface area contributed by atoms with Gasteiger partial charge in [-0.05, 0) is 30.9 Å². The molecule has 0 aromatic heterocycles. The first-order valence-electron chi connectivity index (χ1n) is 6.52. The normalized spacial score (nSPS) is 12.5. The molecule has 1 unspecified atom stereocenters. The lowest BCUT2D eigenvalue weighted by Gasteiger charge is -2.22. The Morgan fingerprint density at radius 1 is 1.37 bits per heavy atom. The van der Waals surface area contributed by atoms with Crippen LogP contribution in [-0.4, -0.2) is 25.1 Å². The quantitative estimate of drug-likeness (QED) is 0.747. The molecule has 0 bridgehead atoms. The van der Waals surface area contributed by atoms with E-state index < -0.39 is 5.56 Å². The number of para-hydroxylation sites is 1. The lowest BCUT2D eigenvalue weighted by molar-refractivity contribution is -0.125. The number of carbonyl (C=O) groups is 1. The largest absolute Gasteiger partial charge is 0.353 e. The average Bonchev–Trinajstić information content (AvgIpc) is 2.37. The van der Waals surface area contributed by atoms with Crippen LogP contribution in [0.25, 0.3) is 0 Å². The SMILES string of the molecule is Cc1ccccc1N(C)C(=O)C(Cl)OCCC(C)C. The highest BCUT2D eigenvalue weighted by atomic mass is 35.5. The lowest BCUT2D eigenvalue weighted by Crippen LogP contribution is -2.35. The van der Waals surface area contributed by atoms with Crippen molar-refractivity contribution in [2.45, 2.75) is 32.8 Å². The fourth-order valence-corrected chi connectivity index (χ4v) is 1.92. The first kappa shape index (κ1) is 16.0. The second-order valence-corrected chi connectivity index (χ2v) is 5.45. The van der Waals surface area contributed by atoms with Gasteiger partial charge in [0.15, 0.2) is 0 Å². The number of alkyl halides is 1. The minimum absolute atomic E-state index is 0.236. The summed E-state index contributed by atoms with van der Waals surface area (Å²) in [5, 5.41) is 0. The number of hydrogen-bond donors (Lipinski definition) is 0. The molecule has 106 valence electrons. The first-order valence-corrected chi connectivity index (χ1v) is 6.96. The molecule has 0 spiro atoms. The molecule has 1 rings (SSSR count). The number of carbonyl (C=O) groups excluding carboxylic acids is 1. The molecule has 4 heteroatoms. The molecular formula is C15H22ClNO2. The summed E-state index contributed by atoms with van der Waals surface area (Å²) in [4.78, 5) is 13.7. The number of amides is 1. The van der Waals surface area contributed by atoms with Gasteiger partial charge in [0.25, 0.3) is 5.91 Å². The molecule has 3 nitrogen and oxygen atoms in total. The van der Waals surface area contributed by atoms with Gasteiger partial charge in [-0.3, -0.25) is 4.79 Å². The van der Waals surface area contributed by atoms with Gasteiger partial charge in [0.2, 0.25) is 5.56 Å². The second-order valence-electron chi connectivity index (χ2n) is 5.05. The number of anilines is 1. The van der Waals surface area contributed by atoms with Crippen molar-refractivity contribution in [3.05, 3.63) is 29.8 Å². The van der Waals surface area contributed by atoms with Crippen molar-refractivity contribution in [3.63, 3.8) is 0 Å². The Bertz CT molecular complexity index is 420. The van der Waals surface area contributed by atoms with E-state index >= 15 is 0 Å². The molecule has 0 aliphatic rings. The van der Waals surface area contributed by atoms with Gasteiger partial charge in [-0.25, -0.2) is 0 Å². The number of rotatable bonds is 6. The van der Waals surface area contributed by atoms with E-state index in [2.05, 4.69) is 13.8 Å². The molecule has 0 saturated carbocycles. The van der Waals surface area contributed by atoms with Gasteiger partial charge in [-0.1, -0.05) is 43.6 Å². The molecular weight excluding hydrogens is 262 g/mol. The van der Waals surface area contributed by atoms with Crippen molar-refractivity contribution in [2.24, 2.45) is 5.92 Å². The van der Waals surface area contributed by atoms with E-state index in [0.717, 1.165) is 17.7 Å². The van der Waals surface area contributed by atoms with Crippen LogP contribution in [0.15, 0.2) is 24.3 Å². The number of hydrogen-bond acceptors (Lipinski definition) is 2. The Labute approximate surface area is 120 Å². The van der Waals surface area contributed by atoms with Crippen LogP contribution in [0.1, 0.15) is 25.8 Å². The molecule has 1 atom stereocenters. The summed E-state index contributed by atoms with van der Waals surface area (Å²) in [6, 6.07) is 7.69. The van der Waals surface area contributed by atoms with Crippen LogP contribution in [0.3, 0.4) is 0 Å². The van der Waals surface area contributed by atoms with E-state index in [1.54, 1.807) is 11.9 Å². The summed E-state index contributed by atoms with van der Waals surface area (Å²) in [6.45, 7) is 6.67. The average molecular weight is 284 g/mol. The van der Waals surface area contributed by atoms with Crippen LogP contribution in [-0.2, 0) is 9.53 Å². The van der Waals surface area contributed by atoms with Gasteiger partial charge in [0.1, 0.15) is 0 Å². The zero-order valence-corrected chi connectivity index (χ0v) is 12.8. The van der Waals surface area contributed by atoms with Crippen molar-refractivity contribution in [2.75, 3.05) is 18.6 Å². The van der Waals surface area contributed by atoms with E-state index in [1.807, 2.05) is 31.2 Å². The van der Waals surface area contributed by atoms with Crippen molar-refractivity contribution in [1.82, 2.24) is 0 Å². The van der Waals surface area contributed by atoms with Crippen molar-refractivity contribution in [3.8, 4) is 0 Å². The van der Waals surface area contributed by atoms with Gasteiger partial charge < -0.3 is 9.64 Å². The molecule has 1 aromatic rings. The molecule has 0 aliphatic heterocycles. The maximum absolute atomic E-state index is 12.1. The van der Waals surface area contributed by atoms with Gasteiger partial charge in [-0.2, -0.15) is 0 Å². The monoisotopic (exact) mass is 283 g/mol. The molecule has 1 aromatic carbocycles. The number of benzene rings is 1. The fourth-order valence-electron chi connectivity index (χ4n) is 1.69. The van der Waals surface area contributed by atoms with E-state index in [1.165, 1.54) is 0 Å². The van der Waals surface area contributed by atoms with Crippen LogP contribution in [0, 0.1) is 12.8 Å². The topological polar surface area (TPSA) is 29.5 Å². The van der Waals surface area contributed by atoms with Gasteiger partial charge in [0, 0.05) is 19.3 Å². The third-order valence-electron chi connectivity index (χ3n) is 2.96. The minimum Gasteiger partial charge on any atom is -0.353 e. The predicted octanol–water partition coefficient (Wildman–Crippen LogP) is 3.59. The zero-order valence-electron chi connectivity index (χ0n) is 12.0. The highest BCUT2D eigenvalue weighted by Gasteiger charge is 2.22. The van der Waals surface area contributed by atoms with Crippen LogP contribution in [0.4, 0.5) is 5.69 Å². The number of ether oxygens (including phenoxy) is 1. The fraction of sp³-hybridized carbons (Fsp3) is 0.533. The van der Waals surface area contributed by atoms with E-state index in [9.17, 15) is 4.79 Å². The number of aryl methyl sites for hydroxylation is 1. The van der Waals surface area contributed by atoms with Crippen LogP contribution in [0.5, 0.6) is 0 Å². The van der Waals surface area contributed by atoms with Crippen LogP contribution >= 0.6 is 11.6 Å². The lowest BCUT2D eigenvalue weighted by atomic mass is 10.1. The Kier molecular flexibility index (Phi) is 6.32. The van der Waals surface area contributed by atoms with Crippen molar-refractivity contribution in [1.29, 1.82) is 0 Å². The predicted molar refractivity (Wildman–Crippen MR) is 79.6 cm³/mol. The maximum Gasteiger partial charge on any atom is 0.271 e. The van der Waals surface area contributed by atoms with Crippen molar-refractivity contribution < 1.29 is 9.53 Å². The summed E-state index contributed by atoms with van der Waals surface area (Å²) in [7, 11) is 1.71. The van der Waals surface area contributed by atoms with Gasteiger partial charge >= 0.3 is 0 Å². The Balaban J connectivity index is 2.59. The smallest absolute Gasteiger partial charge is 0.271 e. The molecule has 0 aliphatic carbocycles. The molecule has 0 radical (unpaired) electrons. The second kappa shape index (κ2) is 7.51. The summed E-state index contributed by atoms with van der Waals surface area (Å²) in [5.41, 5.74) is 0.957. The third-order valence-corrected chi connectivity index (χ3v) is 3.27. The number of nitrogens with zero attached hydrogens (tertiary/aromatic N) is 1. The highest BCUT2D eigenvalue weighted by Crippen LogP contribution is 2.20. The number of likely N-dealkylation sites (N-methyl/N-ethyl adjacent to an activating group) is 1. The number of halogens is 1. The van der Waals surface area contributed by atoms with Gasteiger partial charge in [-0.15, -0.1) is 0 Å². The molecule has 1 amide bonds. The van der Waals surface area contributed by atoms with E-state index in [4.69, 9.17) is 16.3 Å². The van der Waals surface area contributed by atoms with Crippen LogP contribution < -0.4 is 4.90 Å². The van der Waals surface area contributed by atoms with Crippen molar-refractivity contribution >= 4 is 23.2 Å². The molecule has 0 heterocycles. The summed E-state index contributed by atoms with van der Waals surface area (Å²) >= 11 is 6.00. The minimum atomic E-state index is -0.927. The summed E-state index contributed by atoms with van der Waals surface area (Å²) in [5.74, 6) is 0.299. The molecule has 19 heavy (non-hydrogen) atoms. The Hall–Kier alpha value is -1.06. The maximum atomic E-state index is 12.1. The third kappa shape index (κ3) is 4.84. The zero-order chi connectivity index (χ0) is 14.4. The molecule has 0 saturated heterocycles. The van der Waals surface area contributed by atoms with Crippen LogP contribution in [0.2, 0.25) is 0 Å². The van der Waals surface area contributed by atoms with Gasteiger partial charge in [0.05, 0.1) is 0 Å². The first-order chi connectivity index (χ1) is 8.93. The standard InChI is InChI=1S/C15H22ClNO2/c1-11(2)9-10-19-14(16)15(18)17(4)13-8-6-5-7-12(13)3/h5-8,11,14H,9-10H2,1-4H3. The Morgan fingerprint density at radius 3 is 2.58 bits per heavy atom. The van der Waals surface area contributed by atoms with E-state index in [0.29, 0.717) is 12.5 Å². The summed E-state index contributed by atoms with van der Waals surface area (Å²) in [6.07, 6.45) is 0.893. The highest BCUT2D eigenvalue weighted by molar-refractivity contribution is 6.31.